The first kappa shape index (κ1) is 16.7. The van der Waals surface area contributed by atoms with Crippen molar-refractivity contribution in [3.63, 3.8) is 0 Å². The number of amides is 1. The van der Waals surface area contributed by atoms with Gasteiger partial charge in [0.2, 0.25) is 0 Å². The quantitative estimate of drug-likeness (QED) is 0.659. The second kappa shape index (κ2) is 7.07. The lowest BCUT2D eigenvalue weighted by atomic mass is 10.0. The average molecular weight is 335 g/mol. The predicted molar refractivity (Wildman–Crippen MR) is 92.7 cm³/mol. The first-order valence-electron chi connectivity index (χ1n) is 6.95. The summed E-state index contributed by atoms with van der Waals surface area (Å²) in [6.07, 6.45) is 1.69. The van der Waals surface area contributed by atoms with E-state index in [2.05, 4.69) is 13.8 Å². The van der Waals surface area contributed by atoms with E-state index in [0.29, 0.717) is 15.1 Å². The van der Waals surface area contributed by atoms with Crippen LogP contribution in [-0.2, 0) is 9.59 Å². The third-order valence-corrected chi connectivity index (χ3v) is 4.70. The van der Waals surface area contributed by atoms with Crippen LogP contribution in [0.25, 0.3) is 6.08 Å². The molecule has 1 amide bonds. The van der Waals surface area contributed by atoms with Gasteiger partial charge in [0.1, 0.15) is 4.32 Å². The number of benzene rings is 1. The first-order valence-corrected chi connectivity index (χ1v) is 8.18. The third-order valence-electron chi connectivity index (χ3n) is 3.32. The molecule has 0 aromatic heterocycles. The van der Waals surface area contributed by atoms with Gasteiger partial charge in [0.05, 0.1) is 11.3 Å². The van der Waals surface area contributed by atoms with Crippen LogP contribution in [0.1, 0.15) is 37.3 Å². The van der Waals surface area contributed by atoms with Crippen LogP contribution in [0.3, 0.4) is 0 Å². The highest BCUT2D eigenvalue weighted by Gasteiger charge is 2.31. The molecule has 1 aliphatic rings. The average Bonchev–Trinajstić information content (AvgIpc) is 2.72. The number of hydrogen-bond donors (Lipinski definition) is 1. The van der Waals surface area contributed by atoms with Crippen LogP contribution in [0.2, 0.25) is 0 Å². The van der Waals surface area contributed by atoms with Crippen molar-refractivity contribution in [3.8, 4) is 0 Å². The highest BCUT2D eigenvalue weighted by molar-refractivity contribution is 8.26. The van der Waals surface area contributed by atoms with E-state index in [-0.39, 0.29) is 18.9 Å². The maximum atomic E-state index is 12.3. The Morgan fingerprint density at radius 1 is 1.36 bits per heavy atom. The fourth-order valence-corrected chi connectivity index (χ4v) is 3.34. The molecule has 0 bridgehead atoms. The van der Waals surface area contributed by atoms with Crippen molar-refractivity contribution in [2.45, 2.75) is 26.2 Å². The first-order chi connectivity index (χ1) is 10.4. The van der Waals surface area contributed by atoms with Crippen molar-refractivity contribution in [2.24, 2.45) is 0 Å². The molecule has 0 saturated carbocycles. The number of thiocarbonyl (C=S) groups is 1. The van der Waals surface area contributed by atoms with Gasteiger partial charge in [0.25, 0.3) is 5.91 Å². The van der Waals surface area contributed by atoms with Gasteiger partial charge in [-0.25, -0.2) is 0 Å². The molecule has 116 valence electrons. The van der Waals surface area contributed by atoms with Gasteiger partial charge < -0.3 is 5.11 Å². The largest absolute Gasteiger partial charge is 0.481 e. The molecule has 22 heavy (non-hydrogen) atoms. The van der Waals surface area contributed by atoms with Crippen molar-refractivity contribution in [1.82, 2.24) is 4.90 Å². The van der Waals surface area contributed by atoms with Crippen LogP contribution < -0.4 is 0 Å². The summed E-state index contributed by atoms with van der Waals surface area (Å²) in [7, 11) is 0. The molecular formula is C16H17NO3S2. The van der Waals surface area contributed by atoms with Gasteiger partial charge in [-0.2, -0.15) is 0 Å². The van der Waals surface area contributed by atoms with E-state index in [0.717, 1.165) is 5.56 Å². The molecular weight excluding hydrogens is 318 g/mol. The fraction of sp³-hybridized carbons (Fsp3) is 0.312. The van der Waals surface area contributed by atoms with E-state index in [1.54, 1.807) is 6.08 Å². The minimum Gasteiger partial charge on any atom is -0.481 e. The van der Waals surface area contributed by atoms with Crippen molar-refractivity contribution in [2.75, 3.05) is 6.54 Å². The predicted octanol–water partition coefficient (Wildman–Crippen LogP) is 3.49. The molecule has 2 rings (SSSR count). The standard InChI is InChI=1S/C16H17NO3S2/c1-10(2)12-5-3-11(4-6-12)9-13-15(20)17(16(21)22-13)8-7-14(18)19/h3-6,9-10H,7-8H2,1-2H3,(H,18,19)/b13-9+. The Morgan fingerprint density at radius 3 is 2.55 bits per heavy atom. The molecule has 0 spiro atoms. The zero-order valence-corrected chi connectivity index (χ0v) is 14.0. The molecule has 1 N–H and O–H groups in total. The Hall–Kier alpha value is -1.66. The lowest BCUT2D eigenvalue weighted by molar-refractivity contribution is -0.137. The Balaban J connectivity index is 2.13. The van der Waals surface area contributed by atoms with Crippen LogP contribution in [0.5, 0.6) is 0 Å². The number of nitrogens with zero attached hydrogens (tertiary/aromatic N) is 1. The smallest absolute Gasteiger partial charge is 0.305 e. The molecule has 1 fully saturated rings. The normalized spacial score (nSPS) is 16.9. The van der Waals surface area contributed by atoms with Gasteiger partial charge >= 0.3 is 5.97 Å². The van der Waals surface area contributed by atoms with E-state index < -0.39 is 5.97 Å². The van der Waals surface area contributed by atoms with Crippen molar-refractivity contribution < 1.29 is 14.7 Å². The summed E-state index contributed by atoms with van der Waals surface area (Å²) in [6.45, 7) is 4.37. The summed E-state index contributed by atoms with van der Waals surface area (Å²) < 4.78 is 0.413. The number of rotatable bonds is 5. The van der Waals surface area contributed by atoms with E-state index >= 15 is 0 Å². The number of carboxylic acid groups (broad SMARTS) is 1. The van der Waals surface area contributed by atoms with Gasteiger partial charge in [-0.1, -0.05) is 62.1 Å². The molecule has 1 aromatic carbocycles. The summed E-state index contributed by atoms with van der Waals surface area (Å²) in [5, 5.41) is 8.72. The van der Waals surface area contributed by atoms with Crippen LogP contribution in [-0.4, -0.2) is 32.7 Å². The Labute approximate surface area is 139 Å². The molecule has 0 radical (unpaired) electrons. The van der Waals surface area contributed by atoms with E-state index in [1.807, 2.05) is 24.3 Å². The number of carboxylic acids is 1. The number of carbonyl (C=O) groups excluding carboxylic acids is 1. The van der Waals surface area contributed by atoms with Crippen LogP contribution in [0.4, 0.5) is 0 Å². The lowest BCUT2D eigenvalue weighted by Crippen LogP contribution is -2.30. The van der Waals surface area contributed by atoms with E-state index in [1.165, 1.54) is 22.2 Å². The summed E-state index contributed by atoms with van der Waals surface area (Å²) in [6, 6.07) is 8.03. The monoisotopic (exact) mass is 335 g/mol. The summed E-state index contributed by atoms with van der Waals surface area (Å²) in [5.41, 5.74) is 2.18. The molecule has 1 saturated heterocycles. The maximum absolute atomic E-state index is 12.3. The highest BCUT2D eigenvalue weighted by atomic mass is 32.2. The van der Waals surface area contributed by atoms with Gasteiger partial charge in [0, 0.05) is 6.54 Å². The molecule has 0 unspecified atom stereocenters. The Morgan fingerprint density at radius 2 is 2.00 bits per heavy atom. The zero-order valence-electron chi connectivity index (χ0n) is 12.4. The SMILES string of the molecule is CC(C)c1ccc(/C=C2/SC(=S)N(CCC(=O)O)C2=O)cc1. The Bertz CT molecular complexity index is 635. The van der Waals surface area contributed by atoms with Gasteiger partial charge in [0.15, 0.2) is 0 Å². The molecule has 1 aromatic rings. The number of thioether (sulfide) groups is 1. The van der Waals surface area contributed by atoms with E-state index in [4.69, 9.17) is 17.3 Å². The van der Waals surface area contributed by atoms with Crippen LogP contribution >= 0.6 is 24.0 Å². The van der Waals surface area contributed by atoms with E-state index in [9.17, 15) is 9.59 Å². The number of carbonyl (C=O) groups is 2. The van der Waals surface area contributed by atoms with Crippen molar-refractivity contribution in [3.05, 3.63) is 40.3 Å². The van der Waals surface area contributed by atoms with Gasteiger partial charge in [-0.3, -0.25) is 14.5 Å². The number of hydrogen-bond acceptors (Lipinski definition) is 4. The lowest BCUT2D eigenvalue weighted by Gasteiger charge is -2.12. The Kier molecular flexibility index (Phi) is 5.37. The molecule has 1 aliphatic heterocycles. The molecule has 1 heterocycles. The zero-order chi connectivity index (χ0) is 16.3. The maximum Gasteiger partial charge on any atom is 0.305 e. The topological polar surface area (TPSA) is 57.6 Å². The third kappa shape index (κ3) is 3.96. The van der Waals surface area contributed by atoms with Gasteiger partial charge in [-0.05, 0) is 23.1 Å². The minimum absolute atomic E-state index is 0.108. The highest BCUT2D eigenvalue weighted by Crippen LogP contribution is 2.32. The molecule has 0 aliphatic carbocycles. The van der Waals surface area contributed by atoms with Crippen molar-refractivity contribution >= 4 is 46.3 Å². The molecule has 0 atom stereocenters. The fourth-order valence-electron chi connectivity index (χ4n) is 2.03. The second-order valence-electron chi connectivity index (χ2n) is 5.30. The summed E-state index contributed by atoms with van der Waals surface area (Å²) in [4.78, 5) is 24.8. The summed E-state index contributed by atoms with van der Waals surface area (Å²) in [5.74, 6) is -0.699. The van der Waals surface area contributed by atoms with Crippen LogP contribution in [0.15, 0.2) is 29.2 Å². The number of aliphatic carboxylic acids is 1. The molecule has 6 heteroatoms. The second-order valence-corrected chi connectivity index (χ2v) is 6.97. The van der Waals surface area contributed by atoms with Crippen LogP contribution in [0, 0.1) is 0 Å². The minimum atomic E-state index is -0.942. The molecule has 4 nitrogen and oxygen atoms in total. The van der Waals surface area contributed by atoms with Gasteiger partial charge in [-0.15, -0.1) is 0 Å². The van der Waals surface area contributed by atoms with Crippen molar-refractivity contribution in [1.29, 1.82) is 0 Å². The summed E-state index contributed by atoms with van der Waals surface area (Å²) >= 11 is 6.37.